The van der Waals surface area contributed by atoms with E-state index in [1.165, 1.54) is 0 Å². The van der Waals surface area contributed by atoms with Gasteiger partial charge >= 0.3 is 0 Å². The minimum atomic E-state index is -0.709. The highest BCUT2D eigenvalue weighted by Gasteiger charge is 2.37. The fourth-order valence-electron chi connectivity index (χ4n) is 2.66. The third-order valence-corrected chi connectivity index (χ3v) is 4.39. The maximum atomic E-state index is 12.5. The van der Waals surface area contributed by atoms with E-state index in [9.17, 15) is 9.59 Å². The number of carbonyl (C=O) groups is 2. The van der Waals surface area contributed by atoms with Gasteiger partial charge in [0.1, 0.15) is 5.92 Å². The van der Waals surface area contributed by atoms with Gasteiger partial charge in [-0.3, -0.25) is 14.4 Å². The van der Waals surface area contributed by atoms with Crippen molar-refractivity contribution in [1.29, 1.82) is 0 Å². The van der Waals surface area contributed by atoms with Crippen LogP contribution in [0.3, 0.4) is 0 Å². The van der Waals surface area contributed by atoms with Crippen LogP contribution in [0.25, 0.3) is 0 Å². The van der Waals surface area contributed by atoms with Crippen molar-refractivity contribution < 1.29 is 14.4 Å². The minimum Gasteiger partial charge on any atom is -0.312 e. The van der Waals surface area contributed by atoms with E-state index in [2.05, 4.69) is 21.4 Å². The van der Waals surface area contributed by atoms with Gasteiger partial charge in [-0.2, -0.15) is 0 Å². The first-order valence-corrected chi connectivity index (χ1v) is 8.47. The van der Waals surface area contributed by atoms with E-state index in [0.29, 0.717) is 13.0 Å². The molecule has 0 aliphatic carbocycles. The van der Waals surface area contributed by atoms with Crippen LogP contribution in [0, 0.1) is 5.92 Å². The van der Waals surface area contributed by atoms with Crippen LogP contribution in [0.1, 0.15) is 12.0 Å². The SMILES string of the molecule is O=C(NOCc1ccccc1)[C@@H]1CCN(c2cccc(Br)c2)C1=O. The lowest BCUT2D eigenvalue weighted by atomic mass is 10.1. The number of rotatable bonds is 5. The number of nitrogens with one attached hydrogen (secondary N) is 1. The Morgan fingerprint density at radius 2 is 2.00 bits per heavy atom. The van der Waals surface area contributed by atoms with Gasteiger partial charge in [0, 0.05) is 16.7 Å². The molecule has 0 unspecified atom stereocenters. The zero-order valence-corrected chi connectivity index (χ0v) is 14.5. The van der Waals surface area contributed by atoms with Crippen molar-refractivity contribution in [3.63, 3.8) is 0 Å². The Bertz CT molecular complexity index is 736. The molecule has 0 spiro atoms. The number of hydrogen-bond donors (Lipinski definition) is 1. The lowest BCUT2D eigenvalue weighted by molar-refractivity contribution is -0.142. The zero-order chi connectivity index (χ0) is 16.9. The van der Waals surface area contributed by atoms with Crippen molar-refractivity contribution in [2.75, 3.05) is 11.4 Å². The molecule has 2 amide bonds. The summed E-state index contributed by atoms with van der Waals surface area (Å²) in [6.45, 7) is 0.787. The highest BCUT2D eigenvalue weighted by Crippen LogP contribution is 2.27. The highest BCUT2D eigenvalue weighted by atomic mass is 79.9. The molecule has 1 heterocycles. The fourth-order valence-corrected chi connectivity index (χ4v) is 3.05. The molecule has 6 heteroatoms. The van der Waals surface area contributed by atoms with Gasteiger partial charge in [0.15, 0.2) is 0 Å². The number of anilines is 1. The van der Waals surface area contributed by atoms with Gasteiger partial charge in [-0.1, -0.05) is 52.3 Å². The number of halogens is 1. The summed E-state index contributed by atoms with van der Waals surface area (Å²) in [5.41, 5.74) is 4.13. The third kappa shape index (κ3) is 3.83. The second kappa shape index (κ2) is 7.59. The van der Waals surface area contributed by atoms with E-state index in [0.717, 1.165) is 15.7 Å². The summed E-state index contributed by atoms with van der Waals surface area (Å²) in [7, 11) is 0. The van der Waals surface area contributed by atoms with Crippen LogP contribution < -0.4 is 10.4 Å². The van der Waals surface area contributed by atoms with Gasteiger partial charge < -0.3 is 4.90 Å². The quantitative estimate of drug-likeness (QED) is 0.632. The lowest BCUT2D eigenvalue weighted by Gasteiger charge is -2.17. The van der Waals surface area contributed by atoms with E-state index < -0.39 is 11.8 Å². The van der Waals surface area contributed by atoms with E-state index >= 15 is 0 Å². The molecule has 2 aromatic rings. The molecule has 1 fully saturated rings. The summed E-state index contributed by atoms with van der Waals surface area (Å²) in [6.07, 6.45) is 0.478. The van der Waals surface area contributed by atoms with E-state index in [1.54, 1.807) is 4.90 Å². The second-order valence-electron chi connectivity index (χ2n) is 5.55. The maximum absolute atomic E-state index is 12.5. The Morgan fingerprint density at radius 3 is 2.75 bits per heavy atom. The van der Waals surface area contributed by atoms with E-state index in [1.807, 2.05) is 54.6 Å². The van der Waals surface area contributed by atoms with Crippen molar-refractivity contribution in [3.8, 4) is 0 Å². The largest absolute Gasteiger partial charge is 0.312 e. The maximum Gasteiger partial charge on any atom is 0.256 e. The molecule has 0 radical (unpaired) electrons. The Balaban J connectivity index is 1.55. The summed E-state index contributed by atoms with van der Waals surface area (Å²) < 4.78 is 0.895. The predicted molar refractivity (Wildman–Crippen MR) is 94.0 cm³/mol. The van der Waals surface area contributed by atoms with Crippen LogP contribution in [-0.4, -0.2) is 18.4 Å². The molecule has 0 bridgehead atoms. The zero-order valence-electron chi connectivity index (χ0n) is 12.9. The Kier molecular flexibility index (Phi) is 5.27. The van der Waals surface area contributed by atoms with Crippen LogP contribution in [0.2, 0.25) is 0 Å². The van der Waals surface area contributed by atoms with E-state index in [4.69, 9.17) is 4.84 Å². The predicted octanol–water partition coefficient (Wildman–Crippen LogP) is 3.05. The molecule has 0 saturated carbocycles. The molecular weight excluding hydrogens is 372 g/mol. The molecule has 1 N–H and O–H groups in total. The van der Waals surface area contributed by atoms with Gasteiger partial charge in [-0.05, 0) is 30.2 Å². The lowest BCUT2D eigenvalue weighted by Crippen LogP contribution is -2.36. The molecule has 3 rings (SSSR count). The monoisotopic (exact) mass is 388 g/mol. The van der Waals surface area contributed by atoms with Crippen LogP contribution in [0.5, 0.6) is 0 Å². The average Bonchev–Trinajstić information content (AvgIpc) is 2.97. The van der Waals surface area contributed by atoms with Crippen molar-refractivity contribution in [2.24, 2.45) is 5.92 Å². The first-order valence-electron chi connectivity index (χ1n) is 7.67. The standard InChI is InChI=1S/C18H17BrN2O3/c19-14-7-4-8-15(11-14)21-10-9-16(18(21)23)17(22)20-24-12-13-5-2-1-3-6-13/h1-8,11,16H,9-10,12H2,(H,20,22)/t16-/m0/s1. The normalized spacial score (nSPS) is 17.1. The van der Waals surface area contributed by atoms with Crippen molar-refractivity contribution in [1.82, 2.24) is 5.48 Å². The number of hydroxylamine groups is 1. The molecular formula is C18H17BrN2O3. The summed E-state index contributed by atoms with van der Waals surface area (Å²) in [5.74, 6) is -1.30. The molecule has 124 valence electrons. The molecule has 1 aliphatic rings. The van der Waals surface area contributed by atoms with Crippen molar-refractivity contribution >= 4 is 33.4 Å². The molecule has 5 nitrogen and oxygen atoms in total. The molecule has 1 atom stereocenters. The number of carbonyl (C=O) groups excluding carboxylic acids is 2. The van der Waals surface area contributed by atoms with Crippen LogP contribution in [-0.2, 0) is 21.0 Å². The number of amides is 2. The fraction of sp³-hybridized carbons (Fsp3) is 0.222. The van der Waals surface area contributed by atoms with Gasteiger partial charge in [0.05, 0.1) is 6.61 Å². The molecule has 24 heavy (non-hydrogen) atoms. The van der Waals surface area contributed by atoms with Gasteiger partial charge in [0.2, 0.25) is 5.91 Å². The van der Waals surface area contributed by atoms with Crippen LogP contribution in [0.15, 0.2) is 59.1 Å². The first kappa shape index (κ1) is 16.7. The molecule has 2 aromatic carbocycles. The molecule has 0 aromatic heterocycles. The number of benzene rings is 2. The topological polar surface area (TPSA) is 58.6 Å². The molecule has 1 saturated heterocycles. The van der Waals surface area contributed by atoms with E-state index in [-0.39, 0.29) is 12.5 Å². The minimum absolute atomic E-state index is 0.200. The molecule has 1 aliphatic heterocycles. The van der Waals surface area contributed by atoms with Gasteiger partial charge in [-0.15, -0.1) is 0 Å². The first-order chi connectivity index (χ1) is 11.6. The van der Waals surface area contributed by atoms with Crippen LogP contribution >= 0.6 is 15.9 Å². The Morgan fingerprint density at radius 1 is 1.21 bits per heavy atom. The smallest absolute Gasteiger partial charge is 0.256 e. The van der Waals surface area contributed by atoms with Gasteiger partial charge in [-0.25, -0.2) is 5.48 Å². The Hall–Kier alpha value is -2.18. The summed E-state index contributed by atoms with van der Waals surface area (Å²) in [4.78, 5) is 31.5. The Labute approximate surface area is 148 Å². The van der Waals surface area contributed by atoms with Crippen molar-refractivity contribution in [3.05, 3.63) is 64.6 Å². The summed E-state index contributed by atoms with van der Waals surface area (Å²) >= 11 is 3.39. The van der Waals surface area contributed by atoms with Gasteiger partial charge in [0.25, 0.3) is 5.91 Å². The highest BCUT2D eigenvalue weighted by molar-refractivity contribution is 9.10. The average molecular weight is 389 g/mol. The number of hydrogen-bond acceptors (Lipinski definition) is 3. The summed E-state index contributed by atoms with van der Waals surface area (Å²) in [6, 6.07) is 17.0. The summed E-state index contributed by atoms with van der Waals surface area (Å²) in [5, 5.41) is 0. The van der Waals surface area contributed by atoms with Crippen LogP contribution in [0.4, 0.5) is 5.69 Å². The van der Waals surface area contributed by atoms with Crippen molar-refractivity contribution in [2.45, 2.75) is 13.0 Å². The number of nitrogens with zero attached hydrogens (tertiary/aromatic N) is 1. The second-order valence-corrected chi connectivity index (χ2v) is 6.47. The third-order valence-electron chi connectivity index (χ3n) is 3.90.